The van der Waals surface area contributed by atoms with Crippen molar-refractivity contribution in [2.45, 2.75) is 19.2 Å². The largest absolute Gasteiger partial charge is 0.379 e. The molecule has 27 heavy (non-hydrogen) atoms. The van der Waals surface area contributed by atoms with Gasteiger partial charge in [-0.05, 0) is 35.7 Å². The van der Waals surface area contributed by atoms with Crippen LogP contribution in [0.2, 0.25) is 0 Å². The number of rotatable bonds is 8. The average Bonchev–Trinajstić information content (AvgIpc) is 2.70. The molecule has 5 heteroatoms. The topological polar surface area (TPSA) is 41.6 Å². The third-order valence-corrected chi connectivity index (χ3v) is 5.76. The molecule has 0 bridgehead atoms. The van der Waals surface area contributed by atoms with E-state index in [0.717, 1.165) is 49.9 Å². The summed E-state index contributed by atoms with van der Waals surface area (Å²) in [6, 6.07) is 16.4. The third-order valence-electron chi connectivity index (χ3n) is 4.75. The van der Waals surface area contributed by atoms with Gasteiger partial charge in [-0.2, -0.15) is 11.8 Å². The van der Waals surface area contributed by atoms with E-state index in [9.17, 15) is 4.79 Å². The number of nitrogens with zero attached hydrogens (tertiary/aromatic N) is 1. The molecule has 1 aliphatic heterocycles. The summed E-state index contributed by atoms with van der Waals surface area (Å²) in [6.45, 7) is 7.19. The second-order valence-corrected chi connectivity index (χ2v) is 7.93. The Morgan fingerprint density at radius 3 is 2.78 bits per heavy atom. The van der Waals surface area contributed by atoms with Gasteiger partial charge in [0.2, 0.25) is 0 Å². The van der Waals surface area contributed by atoms with Gasteiger partial charge in [0.05, 0.1) is 13.2 Å². The minimum Gasteiger partial charge on any atom is -0.379 e. The van der Waals surface area contributed by atoms with Crippen LogP contribution in [-0.2, 0) is 17.0 Å². The summed E-state index contributed by atoms with van der Waals surface area (Å²) >= 11 is 1.85. The van der Waals surface area contributed by atoms with Crippen LogP contribution in [0.3, 0.4) is 0 Å². The predicted molar refractivity (Wildman–Crippen MR) is 112 cm³/mol. The van der Waals surface area contributed by atoms with Crippen LogP contribution in [0.5, 0.6) is 0 Å². The van der Waals surface area contributed by atoms with Gasteiger partial charge < -0.3 is 10.1 Å². The molecule has 0 atom stereocenters. The van der Waals surface area contributed by atoms with Crippen molar-refractivity contribution in [2.75, 3.05) is 38.6 Å². The minimum absolute atomic E-state index is 0.00955. The van der Waals surface area contributed by atoms with Gasteiger partial charge in [0.15, 0.2) is 0 Å². The molecule has 2 aromatic rings. The number of hydrogen-bond donors (Lipinski definition) is 1. The Kier molecular flexibility index (Phi) is 7.75. The van der Waals surface area contributed by atoms with Gasteiger partial charge >= 0.3 is 0 Å². The molecule has 0 unspecified atom stereocenters. The van der Waals surface area contributed by atoms with Gasteiger partial charge in [0.25, 0.3) is 5.91 Å². The Morgan fingerprint density at radius 1 is 1.15 bits per heavy atom. The molecule has 3 rings (SSSR count). The molecule has 0 radical (unpaired) electrons. The molecule has 4 nitrogen and oxygen atoms in total. The molecule has 144 valence electrons. The second-order valence-electron chi connectivity index (χ2n) is 6.82. The molecule has 1 aliphatic rings. The summed E-state index contributed by atoms with van der Waals surface area (Å²) in [5.74, 6) is 1.90. The SMILES string of the molecule is Cc1ccccc1CSCCNC(=O)c1cccc(CN2CCOCC2)c1. The number of nitrogens with one attached hydrogen (secondary N) is 1. The number of carbonyl (C=O) groups excluding carboxylic acids is 1. The quantitative estimate of drug-likeness (QED) is 0.708. The highest BCUT2D eigenvalue weighted by atomic mass is 32.2. The predicted octanol–water partition coefficient (Wildman–Crippen LogP) is 3.49. The molecule has 1 saturated heterocycles. The van der Waals surface area contributed by atoms with Crippen molar-refractivity contribution in [1.82, 2.24) is 10.2 Å². The van der Waals surface area contributed by atoms with Gasteiger partial charge in [-0.1, -0.05) is 36.4 Å². The lowest BCUT2D eigenvalue weighted by atomic mass is 10.1. The minimum atomic E-state index is 0.00955. The van der Waals surface area contributed by atoms with Crippen molar-refractivity contribution in [3.05, 3.63) is 70.8 Å². The van der Waals surface area contributed by atoms with Crippen molar-refractivity contribution in [1.29, 1.82) is 0 Å². The molecule has 1 fully saturated rings. The van der Waals surface area contributed by atoms with Crippen LogP contribution in [0.4, 0.5) is 0 Å². The standard InChI is InChI=1S/C22H28N2O2S/c1-18-5-2-3-7-21(18)17-27-14-9-23-22(25)20-8-4-6-19(15-20)16-24-10-12-26-13-11-24/h2-8,15H,9-14,16-17H2,1H3,(H,23,25). The van der Waals surface area contributed by atoms with E-state index in [-0.39, 0.29) is 5.91 Å². The molecule has 2 aromatic carbocycles. The van der Waals surface area contributed by atoms with E-state index < -0.39 is 0 Å². The molecule has 1 N–H and O–H groups in total. The number of thioether (sulfide) groups is 1. The number of carbonyl (C=O) groups is 1. The zero-order valence-corrected chi connectivity index (χ0v) is 16.8. The highest BCUT2D eigenvalue weighted by Crippen LogP contribution is 2.15. The first-order chi connectivity index (χ1) is 13.2. The number of aryl methyl sites for hydroxylation is 1. The van der Waals surface area contributed by atoms with Gasteiger partial charge in [-0.3, -0.25) is 9.69 Å². The van der Waals surface area contributed by atoms with Crippen LogP contribution >= 0.6 is 11.8 Å². The zero-order chi connectivity index (χ0) is 18.9. The van der Waals surface area contributed by atoms with Gasteiger partial charge in [0.1, 0.15) is 0 Å². The van der Waals surface area contributed by atoms with Gasteiger partial charge in [-0.25, -0.2) is 0 Å². The van der Waals surface area contributed by atoms with E-state index in [1.165, 1.54) is 16.7 Å². The van der Waals surface area contributed by atoms with Crippen LogP contribution in [0.25, 0.3) is 0 Å². The Hall–Kier alpha value is -1.82. The summed E-state index contributed by atoms with van der Waals surface area (Å²) in [6.07, 6.45) is 0. The average molecular weight is 385 g/mol. The molecule has 0 spiro atoms. The fourth-order valence-electron chi connectivity index (χ4n) is 3.12. The zero-order valence-electron chi connectivity index (χ0n) is 15.9. The Labute approximate surface area is 166 Å². The molecule has 0 saturated carbocycles. The number of amides is 1. The number of hydrogen-bond acceptors (Lipinski definition) is 4. The first-order valence-electron chi connectivity index (χ1n) is 9.52. The maximum Gasteiger partial charge on any atom is 0.251 e. The van der Waals surface area contributed by atoms with Crippen molar-refractivity contribution >= 4 is 17.7 Å². The van der Waals surface area contributed by atoms with Crippen molar-refractivity contribution in [3.8, 4) is 0 Å². The van der Waals surface area contributed by atoms with Crippen LogP contribution in [-0.4, -0.2) is 49.4 Å². The molecular weight excluding hydrogens is 356 g/mol. The van der Waals surface area contributed by atoms with E-state index in [4.69, 9.17) is 4.74 Å². The summed E-state index contributed by atoms with van der Waals surface area (Å²) in [5.41, 5.74) is 4.61. The molecule has 1 amide bonds. The summed E-state index contributed by atoms with van der Waals surface area (Å²) < 4.78 is 5.39. The van der Waals surface area contributed by atoms with Crippen LogP contribution in [0.15, 0.2) is 48.5 Å². The number of benzene rings is 2. The fraction of sp³-hybridized carbons (Fsp3) is 0.409. The summed E-state index contributed by atoms with van der Waals surface area (Å²) in [7, 11) is 0. The lowest BCUT2D eigenvalue weighted by Crippen LogP contribution is -2.35. The van der Waals surface area contributed by atoms with E-state index in [0.29, 0.717) is 6.54 Å². The Morgan fingerprint density at radius 2 is 1.96 bits per heavy atom. The number of morpholine rings is 1. The normalized spacial score (nSPS) is 14.9. The van der Waals surface area contributed by atoms with E-state index in [1.807, 2.05) is 30.0 Å². The Balaban J connectivity index is 1.41. The molecular formula is C22H28N2O2S. The smallest absolute Gasteiger partial charge is 0.251 e. The second kappa shape index (κ2) is 10.5. The van der Waals surface area contributed by atoms with Crippen molar-refractivity contribution < 1.29 is 9.53 Å². The molecule has 1 heterocycles. The van der Waals surface area contributed by atoms with E-state index in [1.54, 1.807) is 0 Å². The molecule has 0 aromatic heterocycles. The van der Waals surface area contributed by atoms with Gasteiger partial charge in [-0.15, -0.1) is 0 Å². The van der Waals surface area contributed by atoms with Gasteiger partial charge in [0, 0.05) is 43.2 Å². The van der Waals surface area contributed by atoms with Crippen molar-refractivity contribution in [2.24, 2.45) is 0 Å². The summed E-state index contributed by atoms with van der Waals surface area (Å²) in [4.78, 5) is 14.8. The van der Waals surface area contributed by atoms with E-state index in [2.05, 4.69) is 47.5 Å². The lowest BCUT2D eigenvalue weighted by molar-refractivity contribution is 0.0342. The van der Waals surface area contributed by atoms with Crippen LogP contribution in [0.1, 0.15) is 27.0 Å². The monoisotopic (exact) mass is 384 g/mol. The Bertz CT molecular complexity index is 745. The van der Waals surface area contributed by atoms with E-state index >= 15 is 0 Å². The van der Waals surface area contributed by atoms with Crippen molar-refractivity contribution in [3.63, 3.8) is 0 Å². The first-order valence-corrected chi connectivity index (χ1v) is 10.7. The van der Waals surface area contributed by atoms with Crippen LogP contribution < -0.4 is 5.32 Å². The third kappa shape index (κ3) is 6.38. The lowest BCUT2D eigenvalue weighted by Gasteiger charge is -2.26. The van der Waals surface area contributed by atoms with Crippen LogP contribution in [0, 0.1) is 6.92 Å². The fourth-order valence-corrected chi connectivity index (χ4v) is 4.06. The highest BCUT2D eigenvalue weighted by Gasteiger charge is 2.12. The maximum atomic E-state index is 12.4. The summed E-state index contributed by atoms with van der Waals surface area (Å²) in [5, 5.41) is 3.04. The first kappa shape index (κ1) is 19.9. The highest BCUT2D eigenvalue weighted by molar-refractivity contribution is 7.98. The number of ether oxygens (including phenoxy) is 1. The molecule has 0 aliphatic carbocycles. The maximum absolute atomic E-state index is 12.4.